The van der Waals surface area contributed by atoms with Crippen LogP contribution in [0.25, 0.3) is 10.9 Å². The number of anilines is 1. The fourth-order valence-electron chi connectivity index (χ4n) is 3.05. The normalized spacial score (nSPS) is 13.1. The highest BCUT2D eigenvalue weighted by molar-refractivity contribution is 5.97. The number of ether oxygens (including phenoxy) is 1. The van der Waals surface area contributed by atoms with E-state index in [4.69, 9.17) is 9.72 Å². The standard InChI is InChI=1S/C20H18N2O2/c1-14-7-8-15-12-16-9-10-22(20(16)21-18(15)11-14)19(23)13-24-17-5-3-2-4-6-17/h2-8,11-12H,9-10,13H2,1H3. The van der Waals surface area contributed by atoms with Crippen LogP contribution in [-0.4, -0.2) is 24.0 Å². The van der Waals surface area contributed by atoms with Crippen molar-refractivity contribution in [3.8, 4) is 5.75 Å². The highest BCUT2D eigenvalue weighted by Crippen LogP contribution is 2.29. The van der Waals surface area contributed by atoms with Crippen molar-refractivity contribution in [2.75, 3.05) is 18.1 Å². The topological polar surface area (TPSA) is 42.4 Å². The smallest absolute Gasteiger partial charge is 0.266 e. The number of para-hydroxylation sites is 1. The van der Waals surface area contributed by atoms with E-state index in [1.54, 1.807) is 4.90 Å². The van der Waals surface area contributed by atoms with Gasteiger partial charge in [-0.3, -0.25) is 9.69 Å². The fraction of sp³-hybridized carbons (Fsp3) is 0.200. The molecule has 120 valence electrons. The van der Waals surface area contributed by atoms with E-state index >= 15 is 0 Å². The molecule has 4 rings (SSSR count). The number of aromatic nitrogens is 1. The van der Waals surface area contributed by atoms with Crippen molar-refractivity contribution in [2.24, 2.45) is 0 Å². The molecular formula is C20H18N2O2. The number of hydrogen-bond acceptors (Lipinski definition) is 3. The van der Waals surface area contributed by atoms with Crippen LogP contribution in [0.5, 0.6) is 5.75 Å². The van der Waals surface area contributed by atoms with E-state index in [1.807, 2.05) is 37.3 Å². The van der Waals surface area contributed by atoms with Crippen LogP contribution >= 0.6 is 0 Å². The SMILES string of the molecule is Cc1ccc2cc3c(nc2c1)N(C(=O)COc1ccccc1)CC3. The highest BCUT2D eigenvalue weighted by Gasteiger charge is 2.26. The Morgan fingerprint density at radius 2 is 2.00 bits per heavy atom. The van der Waals surface area contributed by atoms with Gasteiger partial charge in [0, 0.05) is 11.9 Å². The molecule has 1 amide bonds. The Labute approximate surface area is 140 Å². The molecule has 0 atom stereocenters. The van der Waals surface area contributed by atoms with E-state index in [2.05, 4.69) is 24.3 Å². The molecule has 1 aliphatic rings. The summed E-state index contributed by atoms with van der Waals surface area (Å²) >= 11 is 0. The first-order valence-electron chi connectivity index (χ1n) is 8.09. The van der Waals surface area contributed by atoms with Gasteiger partial charge in [0.2, 0.25) is 0 Å². The number of carbonyl (C=O) groups is 1. The monoisotopic (exact) mass is 318 g/mol. The minimum absolute atomic E-state index is 0.0248. The molecule has 0 unspecified atom stereocenters. The van der Waals surface area contributed by atoms with Crippen LogP contribution in [0.2, 0.25) is 0 Å². The quantitative estimate of drug-likeness (QED) is 0.742. The predicted octanol–water partition coefficient (Wildman–Crippen LogP) is 3.51. The van der Waals surface area contributed by atoms with Gasteiger partial charge in [-0.25, -0.2) is 4.98 Å². The van der Waals surface area contributed by atoms with E-state index in [0.29, 0.717) is 12.3 Å². The Morgan fingerprint density at radius 3 is 2.83 bits per heavy atom. The van der Waals surface area contributed by atoms with Crippen LogP contribution in [0.3, 0.4) is 0 Å². The molecule has 0 saturated heterocycles. The lowest BCUT2D eigenvalue weighted by Gasteiger charge is -2.17. The summed E-state index contributed by atoms with van der Waals surface area (Å²) in [4.78, 5) is 19.0. The van der Waals surface area contributed by atoms with E-state index in [1.165, 1.54) is 5.56 Å². The van der Waals surface area contributed by atoms with Gasteiger partial charge in [-0.1, -0.05) is 30.3 Å². The van der Waals surface area contributed by atoms with E-state index < -0.39 is 0 Å². The number of rotatable bonds is 3. The number of hydrogen-bond donors (Lipinski definition) is 0. The van der Waals surface area contributed by atoms with Crippen molar-refractivity contribution in [1.29, 1.82) is 0 Å². The second-order valence-corrected chi connectivity index (χ2v) is 6.06. The van der Waals surface area contributed by atoms with Crippen molar-refractivity contribution in [2.45, 2.75) is 13.3 Å². The van der Waals surface area contributed by atoms with Crippen molar-refractivity contribution in [3.05, 3.63) is 65.7 Å². The molecule has 0 spiro atoms. The molecular weight excluding hydrogens is 300 g/mol. The van der Waals surface area contributed by atoms with Crippen LogP contribution in [0.4, 0.5) is 5.82 Å². The number of aryl methyl sites for hydroxylation is 1. The molecule has 0 bridgehead atoms. The number of carbonyl (C=O) groups excluding carboxylic acids is 1. The van der Waals surface area contributed by atoms with E-state index in [0.717, 1.165) is 28.7 Å². The number of pyridine rings is 1. The molecule has 1 aromatic heterocycles. The van der Waals surface area contributed by atoms with Gasteiger partial charge in [0.25, 0.3) is 5.91 Å². The molecule has 2 aromatic carbocycles. The van der Waals surface area contributed by atoms with Gasteiger partial charge in [0.05, 0.1) is 5.52 Å². The van der Waals surface area contributed by atoms with Gasteiger partial charge in [0.15, 0.2) is 6.61 Å². The number of amides is 1. The van der Waals surface area contributed by atoms with Crippen molar-refractivity contribution in [1.82, 2.24) is 4.98 Å². The second-order valence-electron chi connectivity index (χ2n) is 6.06. The zero-order chi connectivity index (χ0) is 16.5. The van der Waals surface area contributed by atoms with Crippen LogP contribution in [0.1, 0.15) is 11.1 Å². The summed E-state index contributed by atoms with van der Waals surface area (Å²) in [6.45, 7) is 2.73. The summed E-state index contributed by atoms with van der Waals surface area (Å²) in [7, 11) is 0. The molecule has 4 nitrogen and oxygen atoms in total. The first-order chi connectivity index (χ1) is 11.7. The van der Waals surface area contributed by atoms with Crippen LogP contribution in [-0.2, 0) is 11.2 Å². The fourth-order valence-corrected chi connectivity index (χ4v) is 3.05. The third-order valence-corrected chi connectivity index (χ3v) is 4.30. The molecule has 0 N–H and O–H groups in total. The van der Waals surface area contributed by atoms with Crippen LogP contribution in [0, 0.1) is 6.92 Å². The molecule has 0 saturated carbocycles. The molecule has 1 aliphatic heterocycles. The number of nitrogens with zero attached hydrogens (tertiary/aromatic N) is 2. The van der Waals surface area contributed by atoms with Crippen LogP contribution < -0.4 is 9.64 Å². The molecule has 4 heteroatoms. The highest BCUT2D eigenvalue weighted by atomic mass is 16.5. The molecule has 0 radical (unpaired) electrons. The third-order valence-electron chi connectivity index (χ3n) is 4.30. The average Bonchev–Trinajstić information content (AvgIpc) is 3.01. The third kappa shape index (κ3) is 2.71. The first kappa shape index (κ1) is 14.7. The Hall–Kier alpha value is -2.88. The van der Waals surface area contributed by atoms with Crippen molar-refractivity contribution >= 4 is 22.6 Å². The summed E-state index contributed by atoms with van der Waals surface area (Å²) in [6, 6.07) is 17.8. The molecule has 0 fully saturated rings. The summed E-state index contributed by atoms with van der Waals surface area (Å²) in [5.74, 6) is 1.42. The van der Waals surface area contributed by atoms with Gasteiger partial charge in [-0.15, -0.1) is 0 Å². The minimum Gasteiger partial charge on any atom is -0.484 e. The summed E-state index contributed by atoms with van der Waals surface area (Å²) in [5.41, 5.74) is 3.22. The second kappa shape index (κ2) is 5.96. The Kier molecular flexibility index (Phi) is 3.65. The van der Waals surface area contributed by atoms with E-state index in [-0.39, 0.29) is 12.5 Å². The van der Waals surface area contributed by atoms with Gasteiger partial charge in [-0.2, -0.15) is 0 Å². The predicted molar refractivity (Wildman–Crippen MR) is 94.5 cm³/mol. The Bertz CT molecular complexity index is 906. The van der Waals surface area contributed by atoms with E-state index in [9.17, 15) is 4.79 Å². The van der Waals surface area contributed by atoms with Gasteiger partial charge >= 0.3 is 0 Å². The molecule has 3 aromatic rings. The first-order valence-corrected chi connectivity index (χ1v) is 8.09. The lowest BCUT2D eigenvalue weighted by atomic mass is 10.1. The zero-order valence-corrected chi connectivity index (χ0v) is 13.5. The zero-order valence-electron chi connectivity index (χ0n) is 13.5. The van der Waals surface area contributed by atoms with Crippen molar-refractivity contribution in [3.63, 3.8) is 0 Å². The van der Waals surface area contributed by atoms with Gasteiger partial charge < -0.3 is 4.74 Å². The Balaban J connectivity index is 1.57. The number of benzene rings is 2. The average molecular weight is 318 g/mol. The van der Waals surface area contributed by atoms with Gasteiger partial charge in [0.1, 0.15) is 11.6 Å². The lowest BCUT2D eigenvalue weighted by molar-refractivity contribution is -0.120. The molecule has 2 heterocycles. The maximum Gasteiger partial charge on any atom is 0.266 e. The summed E-state index contributed by atoms with van der Waals surface area (Å²) < 4.78 is 5.58. The maximum absolute atomic E-state index is 12.5. The van der Waals surface area contributed by atoms with Crippen LogP contribution in [0.15, 0.2) is 54.6 Å². The number of fused-ring (bicyclic) bond motifs is 2. The summed E-state index contributed by atoms with van der Waals surface area (Å²) in [5, 5.41) is 1.12. The van der Waals surface area contributed by atoms with Crippen molar-refractivity contribution < 1.29 is 9.53 Å². The molecule has 0 aliphatic carbocycles. The lowest BCUT2D eigenvalue weighted by Crippen LogP contribution is -2.33. The summed E-state index contributed by atoms with van der Waals surface area (Å²) in [6.07, 6.45) is 0.837. The van der Waals surface area contributed by atoms with Gasteiger partial charge in [-0.05, 0) is 48.7 Å². The minimum atomic E-state index is -0.0582. The largest absolute Gasteiger partial charge is 0.484 e. The molecule has 24 heavy (non-hydrogen) atoms. The maximum atomic E-state index is 12.5. The Morgan fingerprint density at radius 1 is 1.17 bits per heavy atom.